The predicted molar refractivity (Wildman–Crippen MR) is 67.3 cm³/mol. The van der Waals surface area contributed by atoms with E-state index in [1.54, 1.807) is 0 Å². The monoisotopic (exact) mass is 261 g/mol. The van der Waals surface area contributed by atoms with E-state index in [1.807, 2.05) is 0 Å². The van der Waals surface area contributed by atoms with Crippen LogP contribution in [-0.2, 0) is 9.84 Å². The van der Waals surface area contributed by atoms with E-state index in [1.165, 1.54) is 0 Å². The summed E-state index contributed by atoms with van der Waals surface area (Å²) in [6.07, 6.45) is 4.01. The Bertz CT molecular complexity index is 395. The predicted octanol–water partition coefficient (Wildman–Crippen LogP) is 0.691. The molecule has 1 aliphatic heterocycles. The van der Waals surface area contributed by atoms with Crippen LogP contribution in [0, 0.1) is 11.3 Å². The van der Waals surface area contributed by atoms with Gasteiger partial charge in [-0.2, -0.15) is 0 Å². The molecule has 100 valence electrons. The van der Waals surface area contributed by atoms with E-state index in [0.29, 0.717) is 25.2 Å². The Morgan fingerprint density at radius 3 is 2.59 bits per heavy atom. The summed E-state index contributed by atoms with van der Waals surface area (Å²) in [6, 6.07) is 0. The van der Waals surface area contributed by atoms with Crippen LogP contribution in [0.25, 0.3) is 0 Å². The molecule has 5 heteroatoms. The van der Waals surface area contributed by atoms with Crippen molar-refractivity contribution in [2.24, 2.45) is 17.1 Å². The first kappa shape index (κ1) is 13.3. The number of hydrogen-bond donors (Lipinski definition) is 2. The number of sulfone groups is 1. The maximum absolute atomic E-state index is 11.7. The number of aliphatic hydroxyl groups is 1. The van der Waals surface area contributed by atoms with Crippen molar-refractivity contribution >= 4 is 9.84 Å². The van der Waals surface area contributed by atoms with E-state index in [0.717, 1.165) is 12.8 Å². The van der Waals surface area contributed by atoms with Crippen LogP contribution in [0.4, 0.5) is 0 Å². The maximum atomic E-state index is 11.7. The van der Waals surface area contributed by atoms with Crippen molar-refractivity contribution in [3.05, 3.63) is 0 Å². The van der Waals surface area contributed by atoms with Gasteiger partial charge in [-0.25, -0.2) is 8.42 Å². The molecule has 0 amide bonds. The van der Waals surface area contributed by atoms with Gasteiger partial charge in [-0.15, -0.1) is 0 Å². The molecule has 1 saturated heterocycles. The Labute approximate surface area is 104 Å². The van der Waals surface area contributed by atoms with Crippen molar-refractivity contribution < 1.29 is 13.5 Å². The third-order valence-electron chi connectivity index (χ3n) is 4.74. The van der Waals surface area contributed by atoms with Crippen molar-refractivity contribution in [1.82, 2.24) is 0 Å². The van der Waals surface area contributed by atoms with Gasteiger partial charge in [-0.05, 0) is 25.2 Å². The Morgan fingerprint density at radius 2 is 2.12 bits per heavy atom. The minimum atomic E-state index is -3.01. The highest BCUT2D eigenvalue weighted by Gasteiger charge is 2.55. The molecule has 0 bridgehead atoms. The molecule has 1 aliphatic carbocycles. The zero-order chi connectivity index (χ0) is 12.7. The lowest BCUT2D eigenvalue weighted by atomic mass is 9.62. The molecule has 0 aromatic carbocycles. The van der Waals surface area contributed by atoms with E-state index >= 15 is 0 Å². The van der Waals surface area contributed by atoms with Gasteiger partial charge in [0.1, 0.15) is 0 Å². The molecular formula is C12H23NO3S. The lowest BCUT2D eigenvalue weighted by Crippen LogP contribution is -2.55. The van der Waals surface area contributed by atoms with Crippen molar-refractivity contribution in [3.8, 4) is 0 Å². The Balaban J connectivity index is 2.29. The molecule has 17 heavy (non-hydrogen) atoms. The van der Waals surface area contributed by atoms with Crippen molar-refractivity contribution in [1.29, 1.82) is 0 Å². The summed E-state index contributed by atoms with van der Waals surface area (Å²) in [4.78, 5) is 0. The van der Waals surface area contributed by atoms with E-state index < -0.39 is 20.9 Å². The van der Waals surface area contributed by atoms with Gasteiger partial charge in [0.15, 0.2) is 9.84 Å². The van der Waals surface area contributed by atoms with Crippen LogP contribution < -0.4 is 5.73 Å². The summed E-state index contributed by atoms with van der Waals surface area (Å²) < 4.78 is 23.4. The summed E-state index contributed by atoms with van der Waals surface area (Å²) in [5.41, 5.74) is 4.36. The average molecular weight is 261 g/mol. The highest BCUT2D eigenvalue weighted by molar-refractivity contribution is 7.91. The first-order chi connectivity index (χ1) is 7.83. The van der Waals surface area contributed by atoms with Gasteiger partial charge in [-0.1, -0.05) is 19.8 Å². The smallest absolute Gasteiger partial charge is 0.151 e. The van der Waals surface area contributed by atoms with Gasteiger partial charge in [0.2, 0.25) is 0 Å². The minimum Gasteiger partial charge on any atom is -0.389 e. The highest BCUT2D eigenvalue weighted by Crippen LogP contribution is 2.49. The molecule has 0 aromatic heterocycles. The SMILES string of the molecule is CC1CCCC(O)(C2(CN)CCS(=O)(=O)C2)C1. The summed E-state index contributed by atoms with van der Waals surface area (Å²) >= 11 is 0. The molecule has 0 aromatic rings. The van der Waals surface area contributed by atoms with E-state index in [9.17, 15) is 13.5 Å². The molecule has 1 saturated carbocycles. The van der Waals surface area contributed by atoms with Gasteiger partial charge in [0.05, 0.1) is 17.1 Å². The van der Waals surface area contributed by atoms with Crippen molar-refractivity contribution in [2.45, 2.75) is 44.6 Å². The quantitative estimate of drug-likeness (QED) is 0.766. The topological polar surface area (TPSA) is 80.4 Å². The molecule has 3 N–H and O–H groups in total. The second kappa shape index (κ2) is 4.21. The Kier molecular flexibility index (Phi) is 3.30. The van der Waals surface area contributed by atoms with Gasteiger partial charge in [0, 0.05) is 12.0 Å². The fourth-order valence-electron chi connectivity index (χ4n) is 3.64. The third kappa shape index (κ3) is 2.25. The third-order valence-corrected chi connectivity index (χ3v) is 6.56. The normalized spacial score (nSPS) is 45.9. The molecule has 0 spiro atoms. The first-order valence-electron chi connectivity index (χ1n) is 6.45. The van der Waals surface area contributed by atoms with Gasteiger partial charge >= 0.3 is 0 Å². The van der Waals surface area contributed by atoms with E-state index in [4.69, 9.17) is 5.73 Å². The number of nitrogens with two attached hydrogens (primary N) is 1. The molecule has 2 rings (SSSR count). The molecular weight excluding hydrogens is 238 g/mol. The summed E-state index contributed by atoms with van der Waals surface area (Å²) in [7, 11) is -3.01. The highest BCUT2D eigenvalue weighted by atomic mass is 32.2. The lowest BCUT2D eigenvalue weighted by molar-refractivity contribution is -0.105. The zero-order valence-electron chi connectivity index (χ0n) is 10.5. The number of hydrogen-bond acceptors (Lipinski definition) is 4. The van der Waals surface area contributed by atoms with Gasteiger partial charge < -0.3 is 10.8 Å². The standard InChI is InChI=1S/C12H23NO3S/c1-10-3-2-4-12(14,7-10)11(8-13)5-6-17(15,16)9-11/h10,14H,2-9,13H2,1H3. The Morgan fingerprint density at radius 1 is 1.41 bits per heavy atom. The van der Waals surface area contributed by atoms with Crippen LogP contribution in [0.1, 0.15) is 39.0 Å². The largest absolute Gasteiger partial charge is 0.389 e. The summed E-state index contributed by atoms with van der Waals surface area (Å²) in [5.74, 6) is 0.709. The molecule has 2 aliphatic rings. The van der Waals surface area contributed by atoms with Crippen molar-refractivity contribution in [3.63, 3.8) is 0 Å². The number of rotatable bonds is 2. The Hall–Kier alpha value is -0.130. The maximum Gasteiger partial charge on any atom is 0.151 e. The zero-order valence-corrected chi connectivity index (χ0v) is 11.3. The van der Waals surface area contributed by atoms with Crippen LogP contribution in [0.2, 0.25) is 0 Å². The molecule has 4 nitrogen and oxygen atoms in total. The van der Waals surface area contributed by atoms with Crippen LogP contribution in [-0.4, -0.2) is 37.2 Å². The van der Waals surface area contributed by atoms with Crippen molar-refractivity contribution in [2.75, 3.05) is 18.1 Å². The van der Waals surface area contributed by atoms with Crippen LogP contribution >= 0.6 is 0 Å². The fourth-order valence-corrected chi connectivity index (χ4v) is 5.86. The van der Waals surface area contributed by atoms with E-state index in [2.05, 4.69) is 6.92 Å². The molecule has 3 unspecified atom stereocenters. The summed E-state index contributed by atoms with van der Waals surface area (Å²) in [6.45, 7) is 2.40. The van der Waals surface area contributed by atoms with Gasteiger partial charge in [0.25, 0.3) is 0 Å². The fraction of sp³-hybridized carbons (Fsp3) is 1.00. The van der Waals surface area contributed by atoms with Crippen LogP contribution in [0.3, 0.4) is 0 Å². The molecule has 1 heterocycles. The minimum absolute atomic E-state index is 0.0692. The average Bonchev–Trinajstić information content (AvgIpc) is 2.55. The summed E-state index contributed by atoms with van der Waals surface area (Å²) in [5, 5.41) is 10.9. The second-order valence-electron chi connectivity index (χ2n) is 6.06. The molecule has 3 atom stereocenters. The molecule has 2 fully saturated rings. The first-order valence-corrected chi connectivity index (χ1v) is 8.28. The lowest BCUT2D eigenvalue weighted by Gasteiger charge is -2.48. The second-order valence-corrected chi connectivity index (χ2v) is 8.24. The van der Waals surface area contributed by atoms with Crippen LogP contribution in [0.15, 0.2) is 0 Å². The van der Waals surface area contributed by atoms with Crippen LogP contribution in [0.5, 0.6) is 0 Å². The van der Waals surface area contributed by atoms with Gasteiger partial charge in [-0.3, -0.25) is 0 Å². The molecule has 0 radical (unpaired) electrons. The van der Waals surface area contributed by atoms with E-state index in [-0.39, 0.29) is 18.1 Å².